The van der Waals surface area contributed by atoms with Crippen molar-refractivity contribution in [3.63, 3.8) is 0 Å². The van der Waals surface area contributed by atoms with Crippen LogP contribution in [0, 0.1) is 5.92 Å². The van der Waals surface area contributed by atoms with Gasteiger partial charge in [0.2, 0.25) is 0 Å². The summed E-state index contributed by atoms with van der Waals surface area (Å²) in [6, 6.07) is 6.11. The first-order valence-corrected chi connectivity index (χ1v) is 4.96. The molecule has 3 nitrogen and oxygen atoms in total. The highest BCUT2D eigenvalue weighted by Gasteiger charge is 2.04. The molecule has 0 amide bonds. The summed E-state index contributed by atoms with van der Waals surface area (Å²) < 4.78 is 0. The molecule has 1 rings (SSSR count). The molecular weight excluding hydrogens is 174 g/mol. The van der Waals surface area contributed by atoms with Crippen LogP contribution in [0.25, 0.3) is 0 Å². The van der Waals surface area contributed by atoms with Crippen molar-refractivity contribution in [2.45, 2.75) is 13.3 Å². The van der Waals surface area contributed by atoms with E-state index in [9.17, 15) is 0 Å². The van der Waals surface area contributed by atoms with Gasteiger partial charge >= 0.3 is 0 Å². The van der Waals surface area contributed by atoms with Crippen molar-refractivity contribution in [2.75, 3.05) is 25.5 Å². The van der Waals surface area contributed by atoms with Gasteiger partial charge in [0.05, 0.1) is 0 Å². The third-order valence-electron chi connectivity index (χ3n) is 2.21. The van der Waals surface area contributed by atoms with E-state index in [2.05, 4.69) is 18.0 Å². The summed E-state index contributed by atoms with van der Waals surface area (Å²) in [5.74, 6) is 1.51. The van der Waals surface area contributed by atoms with E-state index in [-0.39, 0.29) is 0 Å². The predicted octanol–water partition coefficient (Wildman–Crippen LogP) is 1.28. The van der Waals surface area contributed by atoms with E-state index in [1.807, 2.05) is 31.1 Å². The lowest BCUT2D eigenvalue weighted by atomic mass is 10.1. The number of pyridine rings is 1. The molecular formula is C11H19N3. The fraction of sp³-hybridized carbons (Fsp3) is 0.545. The molecule has 0 aliphatic carbocycles. The summed E-state index contributed by atoms with van der Waals surface area (Å²) in [5, 5.41) is 0. The van der Waals surface area contributed by atoms with Crippen LogP contribution in [-0.4, -0.2) is 25.6 Å². The SMILES string of the molecule is CC(CN)Cc1cccc(N(C)C)n1. The summed E-state index contributed by atoms with van der Waals surface area (Å²) >= 11 is 0. The molecule has 1 aromatic heterocycles. The normalized spacial score (nSPS) is 12.6. The average molecular weight is 193 g/mol. The zero-order valence-corrected chi connectivity index (χ0v) is 9.20. The molecule has 14 heavy (non-hydrogen) atoms. The topological polar surface area (TPSA) is 42.1 Å². The van der Waals surface area contributed by atoms with E-state index >= 15 is 0 Å². The molecule has 1 heterocycles. The molecule has 0 saturated heterocycles. The molecule has 0 radical (unpaired) electrons. The van der Waals surface area contributed by atoms with Crippen LogP contribution in [0.2, 0.25) is 0 Å². The molecule has 0 bridgehead atoms. The second-order valence-electron chi connectivity index (χ2n) is 3.93. The quantitative estimate of drug-likeness (QED) is 0.783. The number of nitrogens with two attached hydrogens (primary N) is 1. The Labute approximate surface area is 85.9 Å². The van der Waals surface area contributed by atoms with Gasteiger partial charge in [-0.1, -0.05) is 13.0 Å². The summed E-state index contributed by atoms with van der Waals surface area (Å²) in [5.41, 5.74) is 6.70. The molecule has 2 N–H and O–H groups in total. The molecule has 0 aromatic carbocycles. The Kier molecular flexibility index (Phi) is 3.89. The molecule has 3 heteroatoms. The predicted molar refractivity (Wildman–Crippen MR) is 60.5 cm³/mol. The highest BCUT2D eigenvalue weighted by molar-refractivity contribution is 5.37. The van der Waals surface area contributed by atoms with Gasteiger partial charge in [0, 0.05) is 19.8 Å². The average Bonchev–Trinajstić information content (AvgIpc) is 2.18. The summed E-state index contributed by atoms with van der Waals surface area (Å²) in [7, 11) is 4.00. The van der Waals surface area contributed by atoms with Crippen LogP contribution in [0.3, 0.4) is 0 Å². The van der Waals surface area contributed by atoms with Gasteiger partial charge < -0.3 is 10.6 Å². The number of rotatable bonds is 4. The minimum Gasteiger partial charge on any atom is -0.363 e. The van der Waals surface area contributed by atoms with E-state index in [4.69, 9.17) is 5.73 Å². The Hall–Kier alpha value is -1.09. The monoisotopic (exact) mass is 193 g/mol. The number of nitrogens with zero attached hydrogens (tertiary/aromatic N) is 2. The maximum Gasteiger partial charge on any atom is 0.128 e. The summed E-state index contributed by atoms with van der Waals surface area (Å²) in [6.07, 6.45) is 0.957. The molecule has 1 unspecified atom stereocenters. The zero-order valence-electron chi connectivity index (χ0n) is 9.20. The molecule has 0 fully saturated rings. The van der Waals surface area contributed by atoms with Gasteiger partial charge in [-0.2, -0.15) is 0 Å². The highest BCUT2D eigenvalue weighted by atomic mass is 15.1. The lowest BCUT2D eigenvalue weighted by Crippen LogP contribution is -2.15. The number of aromatic nitrogens is 1. The number of anilines is 1. The zero-order chi connectivity index (χ0) is 10.6. The fourth-order valence-corrected chi connectivity index (χ4v) is 1.27. The first-order valence-electron chi connectivity index (χ1n) is 4.96. The molecule has 1 aromatic rings. The van der Waals surface area contributed by atoms with Gasteiger partial charge in [-0.15, -0.1) is 0 Å². The van der Waals surface area contributed by atoms with Crippen LogP contribution < -0.4 is 10.6 Å². The maximum atomic E-state index is 5.58. The van der Waals surface area contributed by atoms with E-state index in [1.54, 1.807) is 0 Å². The van der Waals surface area contributed by atoms with Crippen LogP contribution >= 0.6 is 0 Å². The second-order valence-corrected chi connectivity index (χ2v) is 3.93. The summed E-state index contributed by atoms with van der Waals surface area (Å²) in [4.78, 5) is 6.54. The molecule has 78 valence electrons. The van der Waals surface area contributed by atoms with Gasteiger partial charge in [0.1, 0.15) is 5.82 Å². The van der Waals surface area contributed by atoms with E-state index in [1.165, 1.54) is 0 Å². The van der Waals surface area contributed by atoms with Crippen LogP contribution in [0.15, 0.2) is 18.2 Å². The van der Waals surface area contributed by atoms with Crippen molar-refractivity contribution in [1.82, 2.24) is 4.98 Å². The van der Waals surface area contributed by atoms with Crippen LogP contribution in [0.5, 0.6) is 0 Å². The number of hydrogen-bond donors (Lipinski definition) is 1. The number of hydrogen-bond acceptors (Lipinski definition) is 3. The van der Waals surface area contributed by atoms with Gasteiger partial charge in [-0.05, 0) is 31.0 Å². The fourth-order valence-electron chi connectivity index (χ4n) is 1.27. The molecule has 0 aliphatic heterocycles. The second kappa shape index (κ2) is 4.96. The van der Waals surface area contributed by atoms with Crippen molar-refractivity contribution in [1.29, 1.82) is 0 Å². The smallest absolute Gasteiger partial charge is 0.128 e. The third-order valence-corrected chi connectivity index (χ3v) is 2.21. The Balaban J connectivity index is 2.73. The van der Waals surface area contributed by atoms with Crippen molar-refractivity contribution in [3.8, 4) is 0 Å². The van der Waals surface area contributed by atoms with Gasteiger partial charge in [-0.25, -0.2) is 4.98 Å². The third kappa shape index (κ3) is 3.00. The van der Waals surface area contributed by atoms with Crippen LogP contribution in [-0.2, 0) is 6.42 Å². The van der Waals surface area contributed by atoms with E-state index in [0.29, 0.717) is 12.5 Å². The van der Waals surface area contributed by atoms with Crippen molar-refractivity contribution < 1.29 is 0 Å². The Morgan fingerprint density at radius 3 is 2.71 bits per heavy atom. The Morgan fingerprint density at radius 1 is 1.43 bits per heavy atom. The van der Waals surface area contributed by atoms with Crippen molar-refractivity contribution in [3.05, 3.63) is 23.9 Å². The van der Waals surface area contributed by atoms with Crippen LogP contribution in [0.1, 0.15) is 12.6 Å². The lowest BCUT2D eigenvalue weighted by Gasteiger charge is -2.13. The highest BCUT2D eigenvalue weighted by Crippen LogP contribution is 2.10. The molecule has 0 saturated carbocycles. The van der Waals surface area contributed by atoms with Crippen molar-refractivity contribution >= 4 is 5.82 Å². The lowest BCUT2D eigenvalue weighted by molar-refractivity contribution is 0.584. The standard InChI is InChI=1S/C11H19N3/c1-9(8-12)7-10-5-4-6-11(13-10)14(2)3/h4-6,9H,7-8,12H2,1-3H3. The molecule has 1 atom stereocenters. The Morgan fingerprint density at radius 2 is 2.14 bits per heavy atom. The van der Waals surface area contributed by atoms with E-state index < -0.39 is 0 Å². The van der Waals surface area contributed by atoms with Gasteiger partial charge in [0.15, 0.2) is 0 Å². The van der Waals surface area contributed by atoms with Crippen molar-refractivity contribution in [2.24, 2.45) is 11.7 Å². The molecule has 0 aliphatic rings. The minimum absolute atomic E-state index is 0.500. The first-order chi connectivity index (χ1) is 6.63. The Bertz CT molecular complexity index is 284. The van der Waals surface area contributed by atoms with Crippen LogP contribution in [0.4, 0.5) is 5.82 Å². The van der Waals surface area contributed by atoms with E-state index in [0.717, 1.165) is 17.9 Å². The van der Waals surface area contributed by atoms with Gasteiger partial charge in [-0.3, -0.25) is 0 Å². The summed E-state index contributed by atoms with van der Waals surface area (Å²) in [6.45, 7) is 2.86. The molecule has 0 spiro atoms. The first kappa shape index (κ1) is 11.0. The largest absolute Gasteiger partial charge is 0.363 e. The minimum atomic E-state index is 0.500. The maximum absolute atomic E-state index is 5.58. The van der Waals surface area contributed by atoms with Gasteiger partial charge in [0.25, 0.3) is 0 Å².